The van der Waals surface area contributed by atoms with Crippen molar-refractivity contribution in [3.63, 3.8) is 0 Å². The first-order valence-corrected chi connectivity index (χ1v) is 8.43. The zero-order chi connectivity index (χ0) is 19.6. The molecule has 0 aliphatic heterocycles. The summed E-state index contributed by atoms with van der Waals surface area (Å²) in [5, 5.41) is 22.0. The molecular formula is C20H24N2O5. The Hall–Kier alpha value is -2.87. The average molecular weight is 372 g/mol. The first kappa shape index (κ1) is 20.4. The van der Waals surface area contributed by atoms with Crippen molar-refractivity contribution in [3.05, 3.63) is 66.2 Å². The minimum atomic E-state index is -1.00. The number of rotatable bonds is 9. The number of anilines is 2. The molecule has 2 rings (SSSR count). The summed E-state index contributed by atoms with van der Waals surface area (Å²) in [7, 11) is 1.44. The lowest BCUT2D eigenvalue weighted by Crippen LogP contribution is -2.20. The molecular weight excluding hydrogens is 348 g/mol. The number of carbonyl (C=O) groups is 1. The highest BCUT2D eigenvalue weighted by molar-refractivity contribution is 6.01. The maximum Gasteiger partial charge on any atom is 0.248 e. The van der Waals surface area contributed by atoms with Crippen molar-refractivity contribution in [2.45, 2.75) is 12.2 Å². The zero-order valence-electron chi connectivity index (χ0n) is 15.0. The van der Waals surface area contributed by atoms with Gasteiger partial charge in [0.05, 0.1) is 18.0 Å². The maximum absolute atomic E-state index is 12.1. The Morgan fingerprint density at radius 1 is 1.26 bits per heavy atom. The molecule has 0 heterocycles. The summed E-state index contributed by atoms with van der Waals surface area (Å²) in [6.07, 6.45) is 1.02. The normalized spacial score (nSPS) is 13.3. The van der Waals surface area contributed by atoms with Crippen molar-refractivity contribution in [1.82, 2.24) is 0 Å². The van der Waals surface area contributed by atoms with Gasteiger partial charge in [0.1, 0.15) is 24.6 Å². The number of aliphatic hydroxyl groups is 2. The van der Waals surface area contributed by atoms with Crippen molar-refractivity contribution in [2.75, 3.05) is 31.4 Å². The molecule has 144 valence electrons. The highest BCUT2D eigenvalue weighted by atomic mass is 16.5. The lowest BCUT2D eigenvalue weighted by atomic mass is 10.0. The van der Waals surface area contributed by atoms with E-state index < -0.39 is 12.2 Å². The van der Waals surface area contributed by atoms with Crippen LogP contribution in [0.3, 0.4) is 0 Å². The fourth-order valence-corrected chi connectivity index (χ4v) is 2.42. The first-order valence-electron chi connectivity index (χ1n) is 8.43. The number of hydrogen-bond donors (Lipinski definition) is 4. The van der Waals surface area contributed by atoms with E-state index in [9.17, 15) is 9.90 Å². The quantitative estimate of drug-likeness (QED) is 0.395. The van der Waals surface area contributed by atoms with Gasteiger partial charge in [-0.15, -0.1) is 0 Å². The highest BCUT2D eigenvalue weighted by Crippen LogP contribution is 2.24. The molecule has 0 aliphatic rings. The van der Waals surface area contributed by atoms with Crippen LogP contribution in [0.25, 0.3) is 0 Å². The molecule has 0 aliphatic carbocycles. The van der Waals surface area contributed by atoms with Crippen LogP contribution in [0, 0.1) is 0 Å². The third kappa shape index (κ3) is 6.10. The monoisotopic (exact) mass is 372 g/mol. The Labute approximate surface area is 158 Å². The zero-order valence-corrected chi connectivity index (χ0v) is 15.0. The van der Waals surface area contributed by atoms with E-state index in [0.29, 0.717) is 22.7 Å². The number of benzene rings is 2. The Morgan fingerprint density at radius 2 is 2.04 bits per heavy atom. The van der Waals surface area contributed by atoms with Gasteiger partial charge in [-0.1, -0.05) is 24.3 Å². The number of amides is 1. The second-order valence-electron chi connectivity index (χ2n) is 5.73. The molecule has 0 bridgehead atoms. The molecule has 2 aromatic carbocycles. The summed E-state index contributed by atoms with van der Waals surface area (Å²) >= 11 is 0. The van der Waals surface area contributed by atoms with Crippen molar-refractivity contribution in [3.8, 4) is 5.75 Å². The van der Waals surface area contributed by atoms with E-state index in [1.165, 1.54) is 19.3 Å². The number of aliphatic hydroxyl groups excluding tert-OH is 2. The summed E-state index contributed by atoms with van der Waals surface area (Å²) in [6.45, 7) is 0.0627. The number of nitrogens with two attached hydrogens (primary N) is 1. The van der Waals surface area contributed by atoms with E-state index in [1.54, 1.807) is 48.5 Å². The minimum absolute atomic E-state index is 0.0999. The lowest BCUT2D eigenvalue weighted by molar-refractivity contribution is -0.112. The predicted octanol–water partition coefficient (Wildman–Crippen LogP) is 1.88. The number of nitrogen functional groups attached to an aromatic ring is 1. The van der Waals surface area contributed by atoms with Gasteiger partial charge in [0.2, 0.25) is 5.91 Å². The van der Waals surface area contributed by atoms with Crippen LogP contribution in [-0.4, -0.2) is 42.5 Å². The second kappa shape index (κ2) is 10.3. The van der Waals surface area contributed by atoms with Gasteiger partial charge in [-0.2, -0.15) is 0 Å². The maximum atomic E-state index is 12.1. The van der Waals surface area contributed by atoms with E-state index in [4.69, 9.17) is 20.3 Å². The Bertz CT molecular complexity index is 778. The molecule has 5 N–H and O–H groups in total. The number of ether oxygens (including phenoxy) is 2. The molecule has 7 heteroatoms. The smallest absolute Gasteiger partial charge is 0.248 e. The van der Waals surface area contributed by atoms with Crippen LogP contribution in [0.15, 0.2) is 60.7 Å². The van der Waals surface area contributed by atoms with E-state index in [0.717, 1.165) is 0 Å². The fraction of sp³-hybridized carbons (Fsp3) is 0.250. The van der Waals surface area contributed by atoms with Crippen molar-refractivity contribution >= 4 is 17.3 Å². The minimum Gasteiger partial charge on any atom is -0.491 e. The molecule has 0 radical (unpaired) electrons. The molecule has 0 spiro atoms. The van der Waals surface area contributed by atoms with Gasteiger partial charge in [-0.25, -0.2) is 0 Å². The Balaban J connectivity index is 2.04. The van der Waals surface area contributed by atoms with Gasteiger partial charge >= 0.3 is 0 Å². The van der Waals surface area contributed by atoms with Crippen molar-refractivity contribution in [1.29, 1.82) is 0 Å². The van der Waals surface area contributed by atoms with Gasteiger partial charge in [0.15, 0.2) is 0 Å². The first-order chi connectivity index (χ1) is 13.0. The number of carbonyl (C=O) groups excluding carboxylic acids is 1. The standard InChI is InChI=1S/C20H24N2O5/c1-26-18(9-10-19(24)22-17-8-3-2-7-16(17)21)20(25)14-5-4-6-15(13-14)27-12-11-23/h2-10,13,18,20,23,25H,11-12,21H2,1H3,(H,22,24)/b10-9+/t18-,20-/m1/s1. The topological polar surface area (TPSA) is 114 Å². The van der Waals surface area contributed by atoms with Crippen LogP contribution < -0.4 is 15.8 Å². The molecule has 2 atom stereocenters. The summed E-state index contributed by atoms with van der Waals surface area (Å²) in [6, 6.07) is 13.8. The number of para-hydroxylation sites is 2. The molecule has 27 heavy (non-hydrogen) atoms. The summed E-state index contributed by atoms with van der Waals surface area (Å²) in [5.74, 6) is 0.138. The molecule has 0 saturated carbocycles. The van der Waals surface area contributed by atoms with Gasteiger partial charge < -0.3 is 30.7 Å². The van der Waals surface area contributed by atoms with E-state index in [-0.39, 0.29) is 19.1 Å². The number of nitrogens with one attached hydrogen (secondary N) is 1. The van der Waals surface area contributed by atoms with Crippen molar-refractivity contribution < 1.29 is 24.5 Å². The summed E-state index contributed by atoms with van der Waals surface area (Å²) in [4.78, 5) is 12.1. The second-order valence-corrected chi connectivity index (χ2v) is 5.73. The molecule has 0 saturated heterocycles. The third-order valence-corrected chi connectivity index (χ3v) is 3.80. The molecule has 1 amide bonds. The van der Waals surface area contributed by atoms with Crippen LogP contribution in [-0.2, 0) is 9.53 Å². The highest BCUT2D eigenvalue weighted by Gasteiger charge is 2.19. The van der Waals surface area contributed by atoms with Crippen LogP contribution in [0.1, 0.15) is 11.7 Å². The fourth-order valence-electron chi connectivity index (χ4n) is 2.42. The van der Waals surface area contributed by atoms with Crippen LogP contribution in [0.2, 0.25) is 0 Å². The largest absolute Gasteiger partial charge is 0.491 e. The number of hydrogen-bond acceptors (Lipinski definition) is 6. The molecule has 0 fully saturated rings. The number of methoxy groups -OCH3 is 1. The molecule has 0 unspecified atom stereocenters. The summed E-state index contributed by atoms with van der Waals surface area (Å²) in [5.41, 5.74) is 7.33. The lowest BCUT2D eigenvalue weighted by Gasteiger charge is -2.19. The molecule has 0 aromatic heterocycles. The SMILES string of the molecule is CO[C@H](/C=C/C(=O)Nc1ccccc1N)[C@H](O)c1cccc(OCCO)c1. The van der Waals surface area contributed by atoms with Gasteiger partial charge in [0.25, 0.3) is 0 Å². The van der Waals surface area contributed by atoms with E-state index in [2.05, 4.69) is 5.32 Å². The van der Waals surface area contributed by atoms with Gasteiger partial charge in [-0.3, -0.25) is 4.79 Å². The molecule has 2 aromatic rings. The van der Waals surface area contributed by atoms with Crippen LogP contribution >= 0.6 is 0 Å². The predicted molar refractivity (Wildman–Crippen MR) is 103 cm³/mol. The van der Waals surface area contributed by atoms with E-state index in [1.807, 2.05) is 0 Å². The Morgan fingerprint density at radius 3 is 2.74 bits per heavy atom. The summed E-state index contributed by atoms with van der Waals surface area (Å²) < 4.78 is 10.6. The molecule has 7 nitrogen and oxygen atoms in total. The average Bonchev–Trinajstić information content (AvgIpc) is 2.68. The van der Waals surface area contributed by atoms with Crippen LogP contribution in [0.4, 0.5) is 11.4 Å². The van der Waals surface area contributed by atoms with Crippen LogP contribution in [0.5, 0.6) is 5.75 Å². The van der Waals surface area contributed by atoms with Gasteiger partial charge in [-0.05, 0) is 35.9 Å². The van der Waals surface area contributed by atoms with Gasteiger partial charge in [0, 0.05) is 13.2 Å². The van der Waals surface area contributed by atoms with Crippen molar-refractivity contribution in [2.24, 2.45) is 0 Å². The third-order valence-electron chi connectivity index (χ3n) is 3.80. The van der Waals surface area contributed by atoms with E-state index >= 15 is 0 Å². The Kier molecular flexibility index (Phi) is 7.81.